The number of aliphatic hydroxyl groups excluding tert-OH is 1. The Balaban J connectivity index is 2.37. The van der Waals surface area contributed by atoms with E-state index in [0.29, 0.717) is 6.54 Å². The Bertz CT molecular complexity index is 236. The number of carbonyl (C=O) groups is 2. The summed E-state index contributed by atoms with van der Waals surface area (Å²) in [5.41, 5.74) is 0. The molecule has 0 aliphatic carbocycles. The summed E-state index contributed by atoms with van der Waals surface area (Å²) in [4.78, 5) is 23.6. The summed E-state index contributed by atoms with van der Waals surface area (Å²) in [6, 6.07) is -0.444. The SMILES string of the molecule is O=C1NC(=O)N(COCCO)CC1I. The van der Waals surface area contributed by atoms with Gasteiger partial charge in [-0.15, -0.1) is 0 Å². The number of hydrogen-bond acceptors (Lipinski definition) is 4. The number of hydrogen-bond donors (Lipinski definition) is 2. The number of halogens is 1. The summed E-state index contributed by atoms with van der Waals surface area (Å²) in [5.74, 6) is -0.269. The van der Waals surface area contributed by atoms with Gasteiger partial charge in [-0.3, -0.25) is 15.0 Å². The van der Waals surface area contributed by atoms with E-state index in [1.165, 1.54) is 4.90 Å². The predicted octanol–water partition coefficient (Wildman–Crippen LogP) is -0.692. The summed E-state index contributed by atoms with van der Waals surface area (Å²) in [7, 11) is 0. The maximum Gasteiger partial charge on any atom is 0.325 e. The maximum absolute atomic E-state index is 11.2. The molecule has 1 atom stereocenters. The lowest BCUT2D eigenvalue weighted by molar-refractivity contribution is -0.121. The summed E-state index contributed by atoms with van der Waals surface area (Å²) < 4.78 is 4.73. The molecule has 2 N–H and O–H groups in total. The molecule has 0 saturated carbocycles. The fraction of sp³-hybridized carbons (Fsp3) is 0.714. The zero-order valence-corrected chi connectivity index (χ0v) is 9.56. The average Bonchev–Trinajstić information content (AvgIpc) is 2.14. The number of amides is 3. The van der Waals surface area contributed by atoms with Crippen molar-refractivity contribution in [3.05, 3.63) is 0 Å². The number of rotatable bonds is 4. The Morgan fingerprint density at radius 1 is 1.64 bits per heavy atom. The molecule has 1 aliphatic heterocycles. The van der Waals surface area contributed by atoms with Crippen LogP contribution in [0.1, 0.15) is 0 Å². The molecular formula is C7H11IN2O4. The van der Waals surface area contributed by atoms with Crippen LogP contribution in [0.2, 0.25) is 0 Å². The van der Waals surface area contributed by atoms with Crippen LogP contribution in [0.3, 0.4) is 0 Å². The van der Waals surface area contributed by atoms with Crippen LogP contribution in [0.25, 0.3) is 0 Å². The van der Waals surface area contributed by atoms with E-state index in [9.17, 15) is 9.59 Å². The van der Waals surface area contributed by atoms with Crippen LogP contribution in [0.4, 0.5) is 4.79 Å². The molecule has 1 saturated heterocycles. The quantitative estimate of drug-likeness (QED) is 0.409. The Morgan fingerprint density at radius 2 is 2.36 bits per heavy atom. The predicted molar refractivity (Wildman–Crippen MR) is 56.0 cm³/mol. The number of alkyl halides is 1. The molecular weight excluding hydrogens is 303 g/mol. The molecule has 80 valence electrons. The molecule has 7 heteroatoms. The second-order valence-electron chi connectivity index (χ2n) is 2.75. The highest BCUT2D eigenvalue weighted by molar-refractivity contribution is 14.1. The highest BCUT2D eigenvalue weighted by Gasteiger charge is 2.29. The van der Waals surface area contributed by atoms with Crippen molar-refractivity contribution in [2.45, 2.75) is 3.92 Å². The van der Waals surface area contributed by atoms with E-state index < -0.39 is 6.03 Å². The molecule has 0 spiro atoms. The molecule has 0 aromatic carbocycles. The van der Waals surface area contributed by atoms with Crippen molar-refractivity contribution >= 4 is 34.5 Å². The fourth-order valence-corrected chi connectivity index (χ4v) is 1.60. The van der Waals surface area contributed by atoms with Gasteiger partial charge in [0.25, 0.3) is 0 Å². The first-order valence-electron chi connectivity index (χ1n) is 4.07. The van der Waals surface area contributed by atoms with Gasteiger partial charge in [-0.05, 0) is 0 Å². The van der Waals surface area contributed by atoms with Crippen molar-refractivity contribution in [2.24, 2.45) is 0 Å². The molecule has 1 fully saturated rings. The number of imide groups is 1. The first kappa shape index (κ1) is 11.7. The molecule has 14 heavy (non-hydrogen) atoms. The lowest BCUT2D eigenvalue weighted by Crippen LogP contribution is -2.55. The molecule has 6 nitrogen and oxygen atoms in total. The van der Waals surface area contributed by atoms with Crippen LogP contribution in [-0.2, 0) is 9.53 Å². The molecule has 3 amide bonds. The van der Waals surface area contributed by atoms with E-state index in [2.05, 4.69) is 5.32 Å². The summed E-state index contributed by atoms with van der Waals surface area (Å²) >= 11 is 1.96. The smallest absolute Gasteiger partial charge is 0.325 e. The van der Waals surface area contributed by atoms with Gasteiger partial charge < -0.3 is 9.84 Å². The molecule has 1 rings (SSSR count). The molecule has 1 heterocycles. The number of aliphatic hydroxyl groups is 1. The van der Waals surface area contributed by atoms with Crippen LogP contribution in [0.15, 0.2) is 0 Å². The van der Waals surface area contributed by atoms with E-state index in [-0.39, 0.29) is 29.8 Å². The first-order valence-corrected chi connectivity index (χ1v) is 5.32. The van der Waals surface area contributed by atoms with E-state index in [1.807, 2.05) is 22.6 Å². The Labute approximate surface area is 94.7 Å². The first-order chi connectivity index (χ1) is 6.65. The number of carbonyl (C=O) groups excluding carboxylic acids is 2. The monoisotopic (exact) mass is 314 g/mol. The van der Waals surface area contributed by atoms with Crippen molar-refractivity contribution in [3.63, 3.8) is 0 Å². The highest BCUT2D eigenvalue weighted by atomic mass is 127. The van der Waals surface area contributed by atoms with Crippen LogP contribution in [0, 0.1) is 0 Å². The molecule has 0 radical (unpaired) electrons. The van der Waals surface area contributed by atoms with Crippen molar-refractivity contribution in [3.8, 4) is 0 Å². The Morgan fingerprint density at radius 3 is 3.00 bits per heavy atom. The Kier molecular flexibility index (Phi) is 4.55. The number of ether oxygens (including phenoxy) is 1. The third kappa shape index (κ3) is 3.07. The van der Waals surface area contributed by atoms with Gasteiger partial charge in [0, 0.05) is 6.54 Å². The largest absolute Gasteiger partial charge is 0.394 e. The number of urea groups is 1. The van der Waals surface area contributed by atoms with Gasteiger partial charge >= 0.3 is 6.03 Å². The third-order valence-corrected chi connectivity index (χ3v) is 2.62. The molecule has 0 bridgehead atoms. The van der Waals surface area contributed by atoms with Gasteiger partial charge in [0.1, 0.15) is 10.7 Å². The second kappa shape index (κ2) is 5.47. The second-order valence-corrected chi connectivity index (χ2v) is 4.25. The fourth-order valence-electron chi connectivity index (χ4n) is 0.973. The minimum absolute atomic E-state index is 0.0813. The molecule has 0 aromatic rings. The van der Waals surface area contributed by atoms with E-state index in [4.69, 9.17) is 9.84 Å². The Hall–Kier alpha value is -0.410. The van der Waals surface area contributed by atoms with Gasteiger partial charge in [-0.25, -0.2) is 4.79 Å². The van der Waals surface area contributed by atoms with Crippen LogP contribution in [0.5, 0.6) is 0 Å². The average molecular weight is 314 g/mol. The third-order valence-electron chi connectivity index (χ3n) is 1.67. The topological polar surface area (TPSA) is 78.9 Å². The standard InChI is InChI=1S/C7H11IN2O4/c8-5-3-10(4-14-2-1-11)7(13)9-6(5)12/h5,11H,1-4H2,(H,9,12,13). The molecule has 0 aromatic heterocycles. The minimum atomic E-state index is -0.444. The van der Waals surface area contributed by atoms with Gasteiger partial charge in [0.2, 0.25) is 5.91 Å². The van der Waals surface area contributed by atoms with Crippen LogP contribution < -0.4 is 5.32 Å². The highest BCUT2D eigenvalue weighted by Crippen LogP contribution is 2.09. The summed E-state index contributed by atoms with van der Waals surface area (Å²) in [6.45, 7) is 0.543. The summed E-state index contributed by atoms with van der Waals surface area (Å²) in [5, 5.41) is 10.7. The minimum Gasteiger partial charge on any atom is -0.394 e. The number of nitrogens with zero attached hydrogens (tertiary/aromatic N) is 1. The normalized spacial score (nSPS) is 22.4. The van der Waals surface area contributed by atoms with Crippen molar-refractivity contribution in [1.82, 2.24) is 10.2 Å². The van der Waals surface area contributed by atoms with Crippen LogP contribution >= 0.6 is 22.6 Å². The van der Waals surface area contributed by atoms with Gasteiger partial charge in [0.05, 0.1) is 13.2 Å². The van der Waals surface area contributed by atoms with Crippen molar-refractivity contribution in [2.75, 3.05) is 26.5 Å². The zero-order chi connectivity index (χ0) is 10.6. The number of nitrogens with one attached hydrogen (secondary N) is 1. The van der Waals surface area contributed by atoms with Crippen molar-refractivity contribution in [1.29, 1.82) is 0 Å². The molecule has 1 aliphatic rings. The zero-order valence-electron chi connectivity index (χ0n) is 7.40. The lowest BCUT2D eigenvalue weighted by Gasteiger charge is -2.28. The maximum atomic E-state index is 11.2. The van der Waals surface area contributed by atoms with Gasteiger partial charge in [0.15, 0.2) is 0 Å². The van der Waals surface area contributed by atoms with Crippen LogP contribution in [-0.4, -0.2) is 52.4 Å². The van der Waals surface area contributed by atoms with E-state index in [0.717, 1.165) is 0 Å². The summed E-state index contributed by atoms with van der Waals surface area (Å²) in [6.07, 6.45) is 0. The van der Waals surface area contributed by atoms with Crippen molar-refractivity contribution < 1.29 is 19.4 Å². The van der Waals surface area contributed by atoms with E-state index >= 15 is 0 Å². The van der Waals surface area contributed by atoms with E-state index in [1.54, 1.807) is 0 Å². The van der Waals surface area contributed by atoms with Gasteiger partial charge in [-0.2, -0.15) is 0 Å². The lowest BCUT2D eigenvalue weighted by atomic mass is 10.3. The molecule has 1 unspecified atom stereocenters. The van der Waals surface area contributed by atoms with Gasteiger partial charge in [-0.1, -0.05) is 22.6 Å².